The van der Waals surface area contributed by atoms with Crippen molar-refractivity contribution in [3.05, 3.63) is 57.6 Å². The zero-order chi connectivity index (χ0) is 21.0. The minimum Gasteiger partial charge on any atom is -0.289 e. The molecule has 4 aromatic rings. The molecule has 1 atom stereocenters. The van der Waals surface area contributed by atoms with Crippen molar-refractivity contribution in [1.82, 2.24) is 24.5 Å². The molecule has 9 heteroatoms. The highest BCUT2D eigenvalue weighted by Crippen LogP contribution is 2.39. The molecule has 3 aromatic heterocycles. The van der Waals surface area contributed by atoms with Crippen LogP contribution in [0.25, 0.3) is 22.0 Å². The first-order chi connectivity index (χ1) is 14.5. The summed E-state index contributed by atoms with van der Waals surface area (Å²) in [5, 5.41) is 10.5. The van der Waals surface area contributed by atoms with Gasteiger partial charge in [-0.3, -0.25) is 19.2 Å². The lowest BCUT2D eigenvalue weighted by molar-refractivity contribution is -0.121. The van der Waals surface area contributed by atoms with Crippen molar-refractivity contribution >= 4 is 33.1 Å². The topological polar surface area (TPSA) is 85.9 Å². The molecule has 0 bridgehead atoms. The Morgan fingerprint density at radius 1 is 1.20 bits per heavy atom. The van der Waals surface area contributed by atoms with Crippen LogP contribution in [0.4, 0.5) is 5.13 Å². The second-order valence-corrected chi connectivity index (χ2v) is 8.51. The summed E-state index contributed by atoms with van der Waals surface area (Å²) in [4.78, 5) is 33.4. The van der Waals surface area contributed by atoms with Crippen LogP contribution in [-0.2, 0) is 24.7 Å². The molecular weight excluding hydrogens is 400 g/mol. The van der Waals surface area contributed by atoms with Crippen LogP contribution in [0.2, 0.25) is 0 Å². The standard InChI is InChI=1S/C21H20N6O2S/c1-12(27-20(29)14-7-5-4-6-13(14)10-23-27)19(28)25(2)21-24-18-15-11-22-26(3)16(15)8-9-17(18)30-21/h4-7,10-12H,8-9H2,1-3H3. The third-order valence-corrected chi connectivity index (χ3v) is 6.85. The summed E-state index contributed by atoms with van der Waals surface area (Å²) < 4.78 is 3.12. The zero-order valence-corrected chi connectivity index (χ0v) is 17.7. The first-order valence-corrected chi connectivity index (χ1v) is 10.5. The third kappa shape index (κ3) is 2.77. The van der Waals surface area contributed by atoms with Crippen LogP contribution < -0.4 is 10.5 Å². The Labute approximate surface area is 176 Å². The van der Waals surface area contributed by atoms with Crippen LogP contribution in [0.15, 0.2) is 41.5 Å². The number of amides is 1. The van der Waals surface area contributed by atoms with Gasteiger partial charge in [-0.2, -0.15) is 10.2 Å². The van der Waals surface area contributed by atoms with E-state index in [-0.39, 0.29) is 11.5 Å². The normalized spacial score (nSPS) is 13.7. The monoisotopic (exact) mass is 420 g/mol. The number of carbonyl (C=O) groups is 1. The number of fused-ring (bicyclic) bond motifs is 4. The van der Waals surface area contributed by atoms with Gasteiger partial charge in [-0.15, -0.1) is 11.3 Å². The number of aromatic nitrogens is 5. The second kappa shape index (κ2) is 6.88. The van der Waals surface area contributed by atoms with Crippen LogP contribution in [-0.4, -0.2) is 37.5 Å². The fourth-order valence-corrected chi connectivity index (χ4v) is 4.95. The van der Waals surface area contributed by atoms with E-state index >= 15 is 0 Å². The molecule has 8 nitrogen and oxygen atoms in total. The Morgan fingerprint density at radius 2 is 2.00 bits per heavy atom. The highest BCUT2D eigenvalue weighted by atomic mass is 32.1. The average Bonchev–Trinajstić information content (AvgIpc) is 3.36. The molecule has 0 fully saturated rings. The number of aryl methyl sites for hydroxylation is 2. The predicted molar refractivity (Wildman–Crippen MR) is 116 cm³/mol. The largest absolute Gasteiger partial charge is 0.289 e. The highest BCUT2D eigenvalue weighted by molar-refractivity contribution is 7.16. The van der Waals surface area contributed by atoms with Gasteiger partial charge in [0.05, 0.1) is 23.5 Å². The Hall–Kier alpha value is -3.33. The third-order valence-electron chi connectivity index (χ3n) is 5.65. The smallest absolute Gasteiger partial charge is 0.275 e. The fraction of sp³-hybridized carbons (Fsp3) is 0.286. The van der Waals surface area contributed by atoms with E-state index in [4.69, 9.17) is 4.98 Å². The van der Waals surface area contributed by atoms with E-state index in [2.05, 4.69) is 10.2 Å². The molecule has 30 heavy (non-hydrogen) atoms. The van der Waals surface area contributed by atoms with E-state index < -0.39 is 6.04 Å². The predicted octanol–water partition coefficient (Wildman–Crippen LogP) is 2.58. The number of carbonyl (C=O) groups excluding carboxylic acids is 1. The second-order valence-electron chi connectivity index (χ2n) is 7.45. The van der Waals surface area contributed by atoms with Crippen LogP contribution in [0.3, 0.4) is 0 Å². The van der Waals surface area contributed by atoms with Crippen molar-refractivity contribution in [3.8, 4) is 11.3 Å². The number of anilines is 1. The Kier molecular flexibility index (Phi) is 4.28. The molecule has 0 aliphatic heterocycles. The molecule has 1 aliphatic carbocycles. The number of likely N-dealkylation sites (N-methyl/N-ethyl adjacent to an activating group) is 1. The molecule has 1 aromatic carbocycles. The van der Waals surface area contributed by atoms with E-state index in [1.807, 2.05) is 30.1 Å². The summed E-state index contributed by atoms with van der Waals surface area (Å²) in [6, 6.07) is 6.49. The van der Waals surface area contributed by atoms with Crippen molar-refractivity contribution in [2.45, 2.75) is 25.8 Å². The Balaban J connectivity index is 1.47. The maximum absolute atomic E-state index is 13.2. The molecule has 3 heterocycles. The van der Waals surface area contributed by atoms with Gasteiger partial charge < -0.3 is 0 Å². The van der Waals surface area contributed by atoms with Crippen LogP contribution >= 0.6 is 11.3 Å². The van der Waals surface area contributed by atoms with Crippen molar-refractivity contribution in [3.63, 3.8) is 0 Å². The van der Waals surface area contributed by atoms with E-state index in [0.29, 0.717) is 10.5 Å². The van der Waals surface area contributed by atoms with Crippen LogP contribution in [0, 0.1) is 0 Å². The van der Waals surface area contributed by atoms with E-state index in [1.165, 1.54) is 20.9 Å². The number of benzene rings is 1. The van der Waals surface area contributed by atoms with E-state index in [0.717, 1.165) is 40.1 Å². The van der Waals surface area contributed by atoms with Crippen molar-refractivity contribution in [2.24, 2.45) is 7.05 Å². The number of thiazole rings is 1. The minimum absolute atomic E-state index is 0.239. The molecule has 1 amide bonds. The highest BCUT2D eigenvalue weighted by Gasteiger charge is 2.28. The molecule has 0 saturated carbocycles. The van der Waals surface area contributed by atoms with Gasteiger partial charge in [0.1, 0.15) is 6.04 Å². The lowest BCUT2D eigenvalue weighted by Gasteiger charge is -2.20. The van der Waals surface area contributed by atoms with Gasteiger partial charge in [0.2, 0.25) is 0 Å². The summed E-state index contributed by atoms with van der Waals surface area (Å²) in [6.45, 7) is 1.69. The molecule has 0 spiro atoms. The Bertz CT molecular complexity index is 1350. The summed E-state index contributed by atoms with van der Waals surface area (Å²) in [5.41, 5.74) is 2.81. The summed E-state index contributed by atoms with van der Waals surface area (Å²) in [5.74, 6) is -0.239. The van der Waals surface area contributed by atoms with Gasteiger partial charge in [0, 0.05) is 35.6 Å². The van der Waals surface area contributed by atoms with E-state index in [9.17, 15) is 9.59 Å². The van der Waals surface area contributed by atoms with Crippen LogP contribution in [0.5, 0.6) is 0 Å². The molecule has 0 radical (unpaired) electrons. The van der Waals surface area contributed by atoms with Gasteiger partial charge in [-0.1, -0.05) is 18.2 Å². The summed E-state index contributed by atoms with van der Waals surface area (Å²) >= 11 is 1.51. The lowest BCUT2D eigenvalue weighted by Crippen LogP contribution is -2.38. The zero-order valence-electron chi connectivity index (χ0n) is 16.9. The van der Waals surface area contributed by atoms with Crippen molar-refractivity contribution in [1.29, 1.82) is 0 Å². The SMILES string of the molecule is CC(C(=O)N(C)c1nc2c(s1)CCc1c-2cnn1C)n1ncc2ccccc2c1=O. The van der Waals surface area contributed by atoms with Gasteiger partial charge in [0.15, 0.2) is 5.13 Å². The molecular formula is C21H20N6O2S. The van der Waals surface area contributed by atoms with Gasteiger partial charge >= 0.3 is 0 Å². The number of rotatable bonds is 3. The summed E-state index contributed by atoms with van der Waals surface area (Å²) in [7, 11) is 3.63. The minimum atomic E-state index is -0.748. The summed E-state index contributed by atoms with van der Waals surface area (Å²) in [6.07, 6.45) is 5.24. The number of hydrogen-bond donors (Lipinski definition) is 0. The lowest BCUT2D eigenvalue weighted by atomic mass is 10.0. The molecule has 152 valence electrons. The maximum Gasteiger partial charge on any atom is 0.275 e. The van der Waals surface area contributed by atoms with Gasteiger partial charge in [0.25, 0.3) is 11.5 Å². The molecule has 1 unspecified atom stereocenters. The first-order valence-electron chi connectivity index (χ1n) is 9.70. The molecule has 0 N–H and O–H groups in total. The quantitative estimate of drug-likeness (QED) is 0.509. The van der Waals surface area contributed by atoms with Crippen molar-refractivity contribution in [2.75, 3.05) is 11.9 Å². The average molecular weight is 420 g/mol. The first kappa shape index (κ1) is 18.7. The van der Waals surface area contributed by atoms with E-state index in [1.54, 1.807) is 32.3 Å². The number of hydrogen-bond acceptors (Lipinski definition) is 6. The maximum atomic E-state index is 13.2. The fourth-order valence-electron chi connectivity index (χ4n) is 3.91. The van der Waals surface area contributed by atoms with Crippen LogP contribution in [0.1, 0.15) is 23.5 Å². The van der Waals surface area contributed by atoms with Gasteiger partial charge in [-0.25, -0.2) is 9.67 Å². The number of nitrogens with zero attached hydrogens (tertiary/aromatic N) is 6. The van der Waals surface area contributed by atoms with Crippen molar-refractivity contribution < 1.29 is 4.79 Å². The van der Waals surface area contributed by atoms with Gasteiger partial charge in [-0.05, 0) is 25.8 Å². The molecule has 1 aliphatic rings. The Morgan fingerprint density at radius 3 is 2.83 bits per heavy atom. The molecule has 5 rings (SSSR count). The molecule has 0 saturated heterocycles.